The Kier molecular flexibility index (Phi) is 4.81. The quantitative estimate of drug-likeness (QED) is 0.892. The number of rotatable bonds is 4. The smallest absolute Gasteiger partial charge is 0.315 e. The van der Waals surface area contributed by atoms with E-state index in [2.05, 4.69) is 27.7 Å². The summed E-state index contributed by atoms with van der Waals surface area (Å²) in [6.45, 7) is 9.16. The molecular weight excluding hydrogens is 288 g/mol. The van der Waals surface area contributed by atoms with Gasteiger partial charge in [0.15, 0.2) is 5.82 Å². The van der Waals surface area contributed by atoms with Crippen LogP contribution in [0.1, 0.15) is 52.3 Å². The van der Waals surface area contributed by atoms with Crippen molar-refractivity contribution in [3.63, 3.8) is 0 Å². The molecule has 1 fully saturated rings. The Morgan fingerprint density at radius 2 is 2.19 bits per heavy atom. The first-order chi connectivity index (χ1) is 9.78. The van der Waals surface area contributed by atoms with E-state index >= 15 is 0 Å². The first kappa shape index (κ1) is 16.1. The summed E-state index contributed by atoms with van der Waals surface area (Å²) < 4.78 is 5.35. The van der Waals surface area contributed by atoms with E-state index in [0.29, 0.717) is 18.3 Å². The number of nitrogens with one attached hydrogen (secondary N) is 2. The fourth-order valence-electron chi connectivity index (χ4n) is 2.10. The molecule has 1 aromatic rings. The Labute approximate surface area is 129 Å². The molecule has 0 radical (unpaired) electrons. The molecule has 1 saturated heterocycles. The van der Waals surface area contributed by atoms with E-state index in [-0.39, 0.29) is 22.7 Å². The zero-order valence-corrected chi connectivity index (χ0v) is 14.0. The Morgan fingerprint density at radius 3 is 2.76 bits per heavy atom. The number of aromatic nitrogens is 2. The standard InChI is InChI=1S/C14H24N4O2S/c1-13(2,3)11-17-10(18-20-11)8-15-12(19)16-9-14(4)6-5-7-21-14/h5-9H2,1-4H3,(H2,15,16,19)/t14-/m0/s1. The molecule has 2 amide bonds. The first-order valence-corrected chi connectivity index (χ1v) is 8.26. The molecule has 1 aliphatic rings. The van der Waals surface area contributed by atoms with Crippen LogP contribution in [0.4, 0.5) is 4.79 Å². The average molecular weight is 312 g/mol. The Morgan fingerprint density at radius 1 is 1.43 bits per heavy atom. The highest BCUT2D eigenvalue weighted by molar-refractivity contribution is 8.00. The van der Waals surface area contributed by atoms with E-state index in [0.717, 1.165) is 6.42 Å². The number of carbonyl (C=O) groups is 1. The molecule has 0 aliphatic carbocycles. The number of nitrogens with zero attached hydrogens (tertiary/aromatic N) is 2. The molecule has 6 nitrogen and oxygen atoms in total. The van der Waals surface area contributed by atoms with Crippen molar-refractivity contribution < 1.29 is 9.32 Å². The van der Waals surface area contributed by atoms with Crippen molar-refractivity contribution >= 4 is 17.8 Å². The Hall–Kier alpha value is -1.24. The van der Waals surface area contributed by atoms with E-state index in [1.165, 1.54) is 12.2 Å². The van der Waals surface area contributed by atoms with Crippen LogP contribution in [0.3, 0.4) is 0 Å². The lowest BCUT2D eigenvalue weighted by Crippen LogP contribution is -2.42. The van der Waals surface area contributed by atoms with Gasteiger partial charge in [-0.2, -0.15) is 16.7 Å². The van der Waals surface area contributed by atoms with Gasteiger partial charge in [0.05, 0.1) is 6.54 Å². The van der Waals surface area contributed by atoms with Gasteiger partial charge in [0.1, 0.15) is 0 Å². The van der Waals surface area contributed by atoms with Crippen LogP contribution in [-0.2, 0) is 12.0 Å². The molecule has 0 bridgehead atoms. The molecule has 0 aromatic carbocycles. The number of hydrogen-bond donors (Lipinski definition) is 2. The summed E-state index contributed by atoms with van der Waals surface area (Å²) in [6.07, 6.45) is 2.38. The summed E-state index contributed by atoms with van der Waals surface area (Å²) in [5, 5.41) is 9.55. The topological polar surface area (TPSA) is 80.0 Å². The SMILES string of the molecule is CC(C)(C)c1nc(CNC(=O)NC[C@]2(C)CCCS2)no1. The molecule has 2 N–H and O–H groups in total. The predicted octanol–water partition coefficient (Wildman–Crippen LogP) is 2.45. The zero-order chi connectivity index (χ0) is 15.5. The summed E-state index contributed by atoms with van der Waals surface area (Å²) in [6, 6.07) is -0.189. The maximum Gasteiger partial charge on any atom is 0.315 e. The normalized spacial score (nSPS) is 22.3. The molecule has 118 valence electrons. The zero-order valence-electron chi connectivity index (χ0n) is 13.2. The highest BCUT2D eigenvalue weighted by atomic mass is 32.2. The molecule has 1 aromatic heterocycles. The van der Waals surface area contributed by atoms with Gasteiger partial charge >= 0.3 is 6.03 Å². The van der Waals surface area contributed by atoms with Crippen LogP contribution in [0.2, 0.25) is 0 Å². The maximum absolute atomic E-state index is 11.8. The highest BCUT2D eigenvalue weighted by Crippen LogP contribution is 2.36. The predicted molar refractivity (Wildman–Crippen MR) is 83.3 cm³/mol. The van der Waals surface area contributed by atoms with Crippen molar-refractivity contribution in [1.82, 2.24) is 20.8 Å². The molecule has 2 rings (SSSR count). The summed E-state index contributed by atoms with van der Waals surface area (Å²) in [4.78, 5) is 16.1. The van der Waals surface area contributed by atoms with Gasteiger partial charge < -0.3 is 15.2 Å². The van der Waals surface area contributed by atoms with Gasteiger partial charge in [-0.25, -0.2) is 4.79 Å². The van der Waals surface area contributed by atoms with Gasteiger partial charge in [-0.1, -0.05) is 25.9 Å². The summed E-state index contributed by atoms with van der Waals surface area (Å²) >= 11 is 1.93. The number of amides is 2. The maximum atomic E-state index is 11.8. The monoisotopic (exact) mass is 312 g/mol. The van der Waals surface area contributed by atoms with Crippen LogP contribution in [-0.4, -0.2) is 33.2 Å². The highest BCUT2D eigenvalue weighted by Gasteiger charge is 2.29. The van der Waals surface area contributed by atoms with E-state index in [9.17, 15) is 4.79 Å². The fourth-order valence-corrected chi connectivity index (χ4v) is 3.34. The first-order valence-electron chi connectivity index (χ1n) is 7.27. The van der Waals surface area contributed by atoms with Crippen molar-refractivity contribution in [3.05, 3.63) is 11.7 Å². The van der Waals surface area contributed by atoms with Crippen molar-refractivity contribution in [2.45, 2.75) is 57.2 Å². The van der Waals surface area contributed by atoms with Crippen LogP contribution in [0.5, 0.6) is 0 Å². The fraction of sp³-hybridized carbons (Fsp3) is 0.786. The van der Waals surface area contributed by atoms with Crippen LogP contribution in [0.25, 0.3) is 0 Å². The molecule has 21 heavy (non-hydrogen) atoms. The van der Waals surface area contributed by atoms with Crippen LogP contribution in [0.15, 0.2) is 4.52 Å². The van der Waals surface area contributed by atoms with Gasteiger partial charge in [0, 0.05) is 16.7 Å². The molecule has 0 unspecified atom stereocenters. The third-order valence-corrected chi connectivity index (χ3v) is 4.98. The van der Waals surface area contributed by atoms with Crippen molar-refractivity contribution in [1.29, 1.82) is 0 Å². The summed E-state index contributed by atoms with van der Waals surface area (Å²) in [5.74, 6) is 2.25. The second kappa shape index (κ2) is 6.25. The largest absolute Gasteiger partial charge is 0.339 e. The molecule has 7 heteroatoms. The molecule has 0 saturated carbocycles. The second-order valence-corrected chi connectivity index (χ2v) is 8.39. The summed E-state index contributed by atoms with van der Waals surface area (Å²) in [7, 11) is 0. The van der Waals surface area contributed by atoms with E-state index in [1.807, 2.05) is 32.5 Å². The number of hydrogen-bond acceptors (Lipinski definition) is 5. The lowest BCUT2D eigenvalue weighted by Gasteiger charge is -2.22. The number of carbonyl (C=O) groups excluding carboxylic acids is 1. The van der Waals surface area contributed by atoms with Crippen molar-refractivity contribution in [2.24, 2.45) is 0 Å². The van der Waals surface area contributed by atoms with E-state index in [4.69, 9.17) is 4.52 Å². The Balaban J connectivity index is 1.75. The minimum Gasteiger partial charge on any atom is -0.339 e. The third kappa shape index (κ3) is 4.62. The van der Waals surface area contributed by atoms with E-state index in [1.54, 1.807) is 0 Å². The van der Waals surface area contributed by atoms with Crippen LogP contribution in [0, 0.1) is 0 Å². The minimum absolute atomic E-state index is 0.170. The van der Waals surface area contributed by atoms with Crippen molar-refractivity contribution in [3.8, 4) is 0 Å². The minimum atomic E-state index is -0.189. The van der Waals surface area contributed by atoms with Crippen LogP contribution >= 0.6 is 11.8 Å². The van der Waals surface area contributed by atoms with Crippen LogP contribution < -0.4 is 10.6 Å². The molecule has 0 spiro atoms. The number of urea groups is 1. The molecule has 2 heterocycles. The third-order valence-electron chi connectivity index (χ3n) is 3.44. The van der Waals surface area contributed by atoms with E-state index < -0.39 is 0 Å². The van der Waals surface area contributed by atoms with Crippen molar-refractivity contribution in [2.75, 3.05) is 12.3 Å². The molecule has 1 atom stereocenters. The lowest BCUT2D eigenvalue weighted by molar-refractivity contribution is 0.239. The van der Waals surface area contributed by atoms with Gasteiger partial charge in [0.25, 0.3) is 0 Å². The average Bonchev–Trinajstić information content (AvgIpc) is 3.03. The second-order valence-electron chi connectivity index (χ2n) is 6.70. The van der Waals surface area contributed by atoms with Gasteiger partial charge in [-0.3, -0.25) is 0 Å². The lowest BCUT2D eigenvalue weighted by atomic mass is 9.97. The molecule has 1 aliphatic heterocycles. The number of thioether (sulfide) groups is 1. The van der Waals surface area contributed by atoms with Gasteiger partial charge in [-0.15, -0.1) is 0 Å². The molecular formula is C14H24N4O2S. The van der Waals surface area contributed by atoms with Gasteiger partial charge in [-0.05, 0) is 25.5 Å². The van der Waals surface area contributed by atoms with Gasteiger partial charge in [0.2, 0.25) is 5.89 Å². The summed E-state index contributed by atoms with van der Waals surface area (Å²) in [5.41, 5.74) is -0.179. The Bertz CT molecular complexity index is 489.